The van der Waals surface area contributed by atoms with Crippen molar-refractivity contribution in [3.05, 3.63) is 53.5 Å². The van der Waals surface area contributed by atoms with Crippen LogP contribution >= 0.6 is 31.9 Å². The number of hydrogen-bond acceptors (Lipinski definition) is 4. The fraction of sp³-hybridized carbons (Fsp3) is 0.545. The molecule has 162 valence electrons. The van der Waals surface area contributed by atoms with Gasteiger partial charge in [0.2, 0.25) is 0 Å². The number of hydrogen-bond donors (Lipinski definition) is 0. The molecule has 2 aromatic heterocycles. The van der Waals surface area contributed by atoms with E-state index in [2.05, 4.69) is 31.9 Å². The normalized spacial score (nSPS) is 11.8. The van der Waals surface area contributed by atoms with E-state index in [0.29, 0.717) is 13.1 Å². The first-order valence-corrected chi connectivity index (χ1v) is 12.8. The minimum atomic E-state index is -0.369. The Labute approximate surface area is 190 Å². The average molecular weight is 542 g/mol. The highest BCUT2D eigenvalue weighted by Gasteiger charge is 2.19. The Balaban J connectivity index is 1.90. The van der Waals surface area contributed by atoms with Crippen molar-refractivity contribution < 1.29 is 0 Å². The van der Waals surface area contributed by atoms with E-state index in [-0.39, 0.29) is 43.8 Å². The highest BCUT2D eigenvalue weighted by molar-refractivity contribution is 9.09. The van der Waals surface area contributed by atoms with Crippen molar-refractivity contribution >= 4 is 53.4 Å². The van der Waals surface area contributed by atoms with Crippen LogP contribution in [0.1, 0.15) is 51.4 Å². The van der Waals surface area contributed by atoms with E-state index in [4.69, 9.17) is 0 Å². The lowest BCUT2D eigenvalue weighted by Gasteiger charge is -2.00. The Morgan fingerprint density at radius 1 is 0.500 bits per heavy atom. The van der Waals surface area contributed by atoms with Gasteiger partial charge in [-0.15, -0.1) is 0 Å². The molecule has 2 heterocycles. The third-order valence-corrected chi connectivity index (χ3v) is 6.71. The van der Waals surface area contributed by atoms with Crippen LogP contribution in [0.15, 0.2) is 31.3 Å². The van der Waals surface area contributed by atoms with E-state index in [1.807, 2.05) is 0 Å². The SMILES string of the molecule is O=c1c2cc3c(=O)n(CCCCCCBr)c(=O)c3cc2c(=O)n1CCCCCCBr. The minimum absolute atomic E-state index is 0.236. The third kappa shape index (κ3) is 4.69. The summed E-state index contributed by atoms with van der Waals surface area (Å²) in [5.74, 6) is 0. The lowest BCUT2D eigenvalue weighted by atomic mass is 10.1. The van der Waals surface area contributed by atoms with Crippen molar-refractivity contribution in [3.8, 4) is 0 Å². The Bertz CT molecular complexity index is 1050. The predicted octanol–water partition coefficient (Wildman–Crippen LogP) is 3.82. The van der Waals surface area contributed by atoms with Gasteiger partial charge in [-0.2, -0.15) is 0 Å². The maximum atomic E-state index is 12.8. The lowest BCUT2D eigenvalue weighted by Crippen LogP contribution is -2.26. The zero-order chi connectivity index (χ0) is 21.7. The maximum absolute atomic E-state index is 12.8. The number of alkyl halides is 2. The fourth-order valence-corrected chi connectivity index (χ4v) is 4.71. The second-order valence-electron chi connectivity index (χ2n) is 7.67. The van der Waals surface area contributed by atoms with Crippen molar-refractivity contribution in [2.24, 2.45) is 0 Å². The lowest BCUT2D eigenvalue weighted by molar-refractivity contribution is 0.569. The molecule has 0 radical (unpaired) electrons. The molecule has 0 aliphatic heterocycles. The molecule has 0 bridgehead atoms. The van der Waals surface area contributed by atoms with Crippen molar-refractivity contribution in [3.63, 3.8) is 0 Å². The Morgan fingerprint density at radius 2 is 0.800 bits per heavy atom. The Hall–Kier alpha value is -1.54. The molecule has 0 aliphatic rings. The number of rotatable bonds is 12. The van der Waals surface area contributed by atoms with Gasteiger partial charge in [0, 0.05) is 23.7 Å². The molecule has 30 heavy (non-hydrogen) atoms. The maximum Gasteiger partial charge on any atom is 0.261 e. The van der Waals surface area contributed by atoms with Gasteiger partial charge in [-0.25, -0.2) is 0 Å². The monoisotopic (exact) mass is 540 g/mol. The highest BCUT2D eigenvalue weighted by Crippen LogP contribution is 2.15. The molecule has 3 aromatic rings. The van der Waals surface area contributed by atoms with Crippen molar-refractivity contribution in [1.29, 1.82) is 0 Å². The average Bonchev–Trinajstić information content (AvgIpc) is 3.12. The summed E-state index contributed by atoms with van der Waals surface area (Å²) in [5, 5.41) is 2.83. The number of benzene rings is 1. The van der Waals surface area contributed by atoms with E-state index in [9.17, 15) is 19.2 Å². The fourth-order valence-electron chi connectivity index (χ4n) is 3.92. The number of halogens is 2. The second-order valence-corrected chi connectivity index (χ2v) is 9.26. The van der Waals surface area contributed by atoms with Crippen molar-refractivity contribution in [1.82, 2.24) is 9.13 Å². The van der Waals surface area contributed by atoms with Gasteiger partial charge in [-0.1, -0.05) is 57.5 Å². The first-order valence-electron chi connectivity index (χ1n) is 10.5. The van der Waals surface area contributed by atoms with E-state index < -0.39 is 0 Å². The molecule has 0 fully saturated rings. The van der Waals surface area contributed by atoms with E-state index in [1.54, 1.807) is 0 Å². The van der Waals surface area contributed by atoms with E-state index in [0.717, 1.165) is 62.0 Å². The van der Waals surface area contributed by atoms with Gasteiger partial charge in [0.05, 0.1) is 21.5 Å². The molecule has 0 N–H and O–H groups in total. The second kappa shape index (κ2) is 10.7. The summed E-state index contributed by atoms with van der Waals surface area (Å²) < 4.78 is 2.48. The molecule has 0 spiro atoms. The molecule has 1 aromatic carbocycles. The molecule has 3 rings (SSSR count). The summed E-state index contributed by atoms with van der Waals surface area (Å²) in [6.07, 6.45) is 7.58. The third-order valence-electron chi connectivity index (χ3n) is 5.59. The molecule has 0 atom stereocenters. The Kier molecular flexibility index (Phi) is 8.22. The predicted molar refractivity (Wildman–Crippen MR) is 129 cm³/mol. The van der Waals surface area contributed by atoms with Gasteiger partial charge >= 0.3 is 0 Å². The quantitative estimate of drug-likeness (QED) is 0.258. The standard InChI is InChI=1S/C22H26Br2N2O4/c23-9-5-1-3-7-11-25-19(27)15-13-17-18(14-16(15)20(25)28)22(30)26(21(17)29)12-8-4-2-6-10-24/h13-14H,1-12H2. The summed E-state index contributed by atoms with van der Waals surface area (Å²) in [4.78, 5) is 51.0. The Morgan fingerprint density at radius 3 is 1.10 bits per heavy atom. The number of nitrogens with zero attached hydrogens (tertiary/aromatic N) is 2. The van der Waals surface area contributed by atoms with Gasteiger partial charge in [-0.05, 0) is 37.8 Å². The molecule has 8 heteroatoms. The largest absolute Gasteiger partial charge is 0.274 e. The van der Waals surface area contributed by atoms with Crippen molar-refractivity contribution in [2.75, 3.05) is 10.7 Å². The van der Waals surface area contributed by atoms with Crippen LogP contribution in [0, 0.1) is 0 Å². The molecular formula is C22H26Br2N2O4. The first-order chi connectivity index (χ1) is 14.5. The molecule has 0 amide bonds. The zero-order valence-corrected chi connectivity index (χ0v) is 20.1. The van der Waals surface area contributed by atoms with Crippen LogP contribution in [-0.2, 0) is 13.1 Å². The van der Waals surface area contributed by atoms with Crippen LogP contribution in [0.4, 0.5) is 0 Å². The number of unbranched alkanes of at least 4 members (excludes halogenated alkanes) is 6. The minimum Gasteiger partial charge on any atom is -0.274 e. The molecule has 0 aliphatic carbocycles. The molecule has 0 saturated carbocycles. The first kappa shape index (κ1) is 23.1. The van der Waals surface area contributed by atoms with Crippen LogP contribution < -0.4 is 22.2 Å². The number of fused-ring (bicyclic) bond motifs is 2. The van der Waals surface area contributed by atoms with Crippen LogP contribution in [0.3, 0.4) is 0 Å². The molecule has 0 saturated heterocycles. The molecular weight excluding hydrogens is 516 g/mol. The van der Waals surface area contributed by atoms with Crippen molar-refractivity contribution in [2.45, 2.75) is 64.5 Å². The van der Waals surface area contributed by atoms with E-state index >= 15 is 0 Å². The van der Waals surface area contributed by atoms with Crippen LogP contribution in [0.25, 0.3) is 21.5 Å². The van der Waals surface area contributed by atoms with Gasteiger partial charge in [-0.3, -0.25) is 28.3 Å². The topological polar surface area (TPSA) is 78.1 Å². The van der Waals surface area contributed by atoms with Gasteiger partial charge in [0.1, 0.15) is 0 Å². The molecule has 6 nitrogen and oxygen atoms in total. The number of aromatic nitrogens is 2. The van der Waals surface area contributed by atoms with Gasteiger partial charge < -0.3 is 0 Å². The summed E-state index contributed by atoms with van der Waals surface area (Å²) in [6.45, 7) is 0.726. The smallest absolute Gasteiger partial charge is 0.261 e. The summed E-state index contributed by atoms with van der Waals surface area (Å²) in [6, 6.07) is 2.89. The zero-order valence-electron chi connectivity index (χ0n) is 16.9. The van der Waals surface area contributed by atoms with Crippen LogP contribution in [0.5, 0.6) is 0 Å². The van der Waals surface area contributed by atoms with Gasteiger partial charge in [0.15, 0.2) is 0 Å². The van der Waals surface area contributed by atoms with Crippen LogP contribution in [-0.4, -0.2) is 19.8 Å². The summed E-state index contributed by atoms with van der Waals surface area (Å²) in [7, 11) is 0. The van der Waals surface area contributed by atoms with Gasteiger partial charge in [0.25, 0.3) is 22.2 Å². The summed E-state index contributed by atoms with van der Waals surface area (Å²) in [5.41, 5.74) is -1.47. The summed E-state index contributed by atoms with van der Waals surface area (Å²) >= 11 is 6.78. The highest BCUT2D eigenvalue weighted by atomic mass is 79.9. The molecule has 0 unspecified atom stereocenters. The van der Waals surface area contributed by atoms with Crippen LogP contribution in [0.2, 0.25) is 0 Å². The van der Waals surface area contributed by atoms with E-state index in [1.165, 1.54) is 21.3 Å².